The van der Waals surface area contributed by atoms with E-state index in [1.54, 1.807) is 17.1 Å². The minimum atomic E-state index is -0.0535. The van der Waals surface area contributed by atoms with E-state index in [4.69, 9.17) is 0 Å². The highest BCUT2D eigenvalue weighted by Gasteiger charge is 2.17. The summed E-state index contributed by atoms with van der Waals surface area (Å²) in [5.74, 6) is -0.0535. The molecule has 5 nitrogen and oxygen atoms in total. The van der Waals surface area contributed by atoms with Crippen molar-refractivity contribution in [3.05, 3.63) is 47.8 Å². The van der Waals surface area contributed by atoms with Gasteiger partial charge in [-0.3, -0.25) is 9.48 Å². The van der Waals surface area contributed by atoms with Crippen molar-refractivity contribution < 1.29 is 4.79 Å². The Morgan fingerprint density at radius 2 is 2.24 bits per heavy atom. The highest BCUT2D eigenvalue weighted by atomic mass is 16.1. The molecule has 21 heavy (non-hydrogen) atoms. The van der Waals surface area contributed by atoms with Crippen molar-refractivity contribution in [1.29, 1.82) is 0 Å². The van der Waals surface area contributed by atoms with E-state index in [9.17, 15) is 4.79 Å². The number of aryl methyl sites for hydroxylation is 1. The Bertz CT molecular complexity index is 635. The van der Waals surface area contributed by atoms with Crippen LogP contribution in [0.4, 0.5) is 5.69 Å². The standard InChI is InChI=1S/C16H20N4O/c1-2-20-12-14(11-18-20)16(21)17-8-10-19-9-7-13-5-3-4-6-15(13)19/h3-6,11-12H,2,7-10H2,1H3,(H,17,21). The van der Waals surface area contributed by atoms with E-state index in [2.05, 4.69) is 39.6 Å². The fourth-order valence-corrected chi connectivity index (χ4v) is 2.70. The van der Waals surface area contributed by atoms with E-state index < -0.39 is 0 Å². The summed E-state index contributed by atoms with van der Waals surface area (Å²) in [6, 6.07) is 8.47. The maximum Gasteiger partial charge on any atom is 0.254 e. The lowest BCUT2D eigenvalue weighted by atomic mass is 10.2. The molecular formula is C16H20N4O. The zero-order valence-corrected chi connectivity index (χ0v) is 12.2. The van der Waals surface area contributed by atoms with E-state index in [0.717, 1.165) is 26.1 Å². The van der Waals surface area contributed by atoms with E-state index in [1.807, 2.05) is 6.92 Å². The van der Waals surface area contributed by atoms with Crippen LogP contribution in [0.3, 0.4) is 0 Å². The minimum Gasteiger partial charge on any atom is -0.369 e. The van der Waals surface area contributed by atoms with Crippen LogP contribution in [-0.4, -0.2) is 35.3 Å². The maximum atomic E-state index is 12.0. The molecular weight excluding hydrogens is 264 g/mol. The van der Waals surface area contributed by atoms with Gasteiger partial charge in [0.1, 0.15) is 0 Å². The van der Waals surface area contributed by atoms with Crippen LogP contribution in [0.15, 0.2) is 36.7 Å². The van der Waals surface area contributed by atoms with Gasteiger partial charge in [-0.05, 0) is 25.0 Å². The van der Waals surface area contributed by atoms with Gasteiger partial charge in [-0.25, -0.2) is 0 Å². The number of nitrogens with zero attached hydrogens (tertiary/aromatic N) is 3. The number of fused-ring (bicyclic) bond motifs is 1. The Hall–Kier alpha value is -2.30. The molecule has 110 valence electrons. The number of hydrogen-bond donors (Lipinski definition) is 1. The minimum absolute atomic E-state index is 0.0535. The van der Waals surface area contributed by atoms with Crippen molar-refractivity contribution in [2.45, 2.75) is 19.9 Å². The van der Waals surface area contributed by atoms with E-state index in [1.165, 1.54) is 11.3 Å². The van der Waals surface area contributed by atoms with Crippen molar-refractivity contribution in [3.63, 3.8) is 0 Å². The zero-order chi connectivity index (χ0) is 14.7. The van der Waals surface area contributed by atoms with E-state index in [0.29, 0.717) is 12.1 Å². The number of amides is 1. The van der Waals surface area contributed by atoms with Gasteiger partial charge in [-0.15, -0.1) is 0 Å². The molecule has 3 rings (SSSR count). The molecule has 0 aliphatic carbocycles. The number of aromatic nitrogens is 2. The van der Waals surface area contributed by atoms with Gasteiger partial charge < -0.3 is 10.2 Å². The second-order valence-corrected chi connectivity index (χ2v) is 5.21. The van der Waals surface area contributed by atoms with Gasteiger partial charge in [0.2, 0.25) is 0 Å². The number of hydrogen-bond acceptors (Lipinski definition) is 3. The van der Waals surface area contributed by atoms with Gasteiger partial charge in [-0.2, -0.15) is 5.10 Å². The molecule has 1 aromatic carbocycles. The highest BCUT2D eigenvalue weighted by molar-refractivity contribution is 5.93. The fourth-order valence-electron chi connectivity index (χ4n) is 2.70. The lowest BCUT2D eigenvalue weighted by Crippen LogP contribution is -2.34. The van der Waals surface area contributed by atoms with Crippen molar-refractivity contribution in [2.75, 3.05) is 24.5 Å². The number of benzene rings is 1. The predicted molar refractivity (Wildman–Crippen MR) is 82.6 cm³/mol. The molecule has 1 N–H and O–H groups in total. The molecule has 2 aromatic rings. The van der Waals surface area contributed by atoms with Crippen LogP contribution in [0, 0.1) is 0 Å². The molecule has 0 spiro atoms. The summed E-state index contributed by atoms with van der Waals surface area (Å²) < 4.78 is 1.76. The molecule has 0 atom stereocenters. The number of para-hydroxylation sites is 1. The van der Waals surface area contributed by atoms with Gasteiger partial charge >= 0.3 is 0 Å². The number of carbonyl (C=O) groups is 1. The first kappa shape index (κ1) is 13.7. The first-order valence-electron chi connectivity index (χ1n) is 7.41. The van der Waals surface area contributed by atoms with Crippen LogP contribution in [-0.2, 0) is 13.0 Å². The van der Waals surface area contributed by atoms with Crippen molar-refractivity contribution >= 4 is 11.6 Å². The topological polar surface area (TPSA) is 50.2 Å². The second-order valence-electron chi connectivity index (χ2n) is 5.21. The van der Waals surface area contributed by atoms with Gasteiger partial charge in [-0.1, -0.05) is 18.2 Å². The lowest BCUT2D eigenvalue weighted by molar-refractivity contribution is 0.0954. The number of carbonyl (C=O) groups excluding carboxylic acids is 1. The number of anilines is 1. The van der Waals surface area contributed by atoms with Crippen molar-refractivity contribution in [1.82, 2.24) is 15.1 Å². The number of nitrogens with one attached hydrogen (secondary N) is 1. The van der Waals surface area contributed by atoms with Crippen LogP contribution in [0.2, 0.25) is 0 Å². The first-order chi connectivity index (χ1) is 10.3. The summed E-state index contributed by atoms with van der Waals surface area (Å²) in [7, 11) is 0. The molecule has 0 saturated heterocycles. The molecule has 0 bridgehead atoms. The summed E-state index contributed by atoms with van der Waals surface area (Å²) in [5, 5.41) is 7.08. The zero-order valence-electron chi connectivity index (χ0n) is 12.2. The predicted octanol–water partition coefficient (Wildman–Crippen LogP) is 1.70. The Balaban J connectivity index is 1.52. The molecule has 1 aliphatic rings. The Kier molecular flexibility index (Phi) is 3.90. The van der Waals surface area contributed by atoms with Gasteiger partial charge in [0.25, 0.3) is 5.91 Å². The molecule has 0 fully saturated rings. The van der Waals surface area contributed by atoms with Crippen LogP contribution in [0.25, 0.3) is 0 Å². The smallest absolute Gasteiger partial charge is 0.254 e. The third kappa shape index (κ3) is 2.91. The Morgan fingerprint density at radius 3 is 3.05 bits per heavy atom. The largest absolute Gasteiger partial charge is 0.369 e. The van der Waals surface area contributed by atoms with Gasteiger partial charge in [0.15, 0.2) is 0 Å². The summed E-state index contributed by atoms with van der Waals surface area (Å²) >= 11 is 0. The Labute approximate surface area is 124 Å². The summed E-state index contributed by atoms with van der Waals surface area (Å²) in [4.78, 5) is 14.3. The third-order valence-electron chi connectivity index (χ3n) is 3.87. The van der Waals surface area contributed by atoms with Crippen molar-refractivity contribution in [2.24, 2.45) is 0 Å². The van der Waals surface area contributed by atoms with Crippen molar-refractivity contribution in [3.8, 4) is 0 Å². The summed E-state index contributed by atoms with van der Waals surface area (Å²) in [5.41, 5.74) is 3.32. The monoisotopic (exact) mass is 284 g/mol. The van der Waals surface area contributed by atoms with E-state index in [-0.39, 0.29) is 5.91 Å². The van der Waals surface area contributed by atoms with Gasteiger partial charge in [0.05, 0.1) is 11.8 Å². The van der Waals surface area contributed by atoms with Crippen LogP contribution in [0.1, 0.15) is 22.8 Å². The molecule has 0 radical (unpaired) electrons. The molecule has 1 amide bonds. The SMILES string of the molecule is CCn1cc(C(=O)NCCN2CCc3ccccc32)cn1. The molecule has 0 saturated carbocycles. The molecule has 1 aliphatic heterocycles. The second kappa shape index (κ2) is 5.99. The normalized spacial score (nSPS) is 13.3. The fraction of sp³-hybridized carbons (Fsp3) is 0.375. The van der Waals surface area contributed by atoms with Crippen LogP contribution < -0.4 is 10.2 Å². The summed E-state index contributed by atoms with van der Waals surface area (Å²) in [6.07, 6.45) is 4.48. The summed E-state index contributed by atoms with van der Waals surface area (Å²) in [6.45, 7) is 5.29. The average Bonchev–Trinajstić information content (AvgIpc) is 3.14. The third-order valence-corrected chi connectivity index (χ3v) is 3.87. The number of rotatable bonds is 5. The lowest BCUT2D eigenvalue weighted by Gasteiger charge is -2.19. The van der Waals surface area contributed by atoms with Crippen LogP contribution in [0.5, 0.6) is 0 Å². The quantitative estimate of drug-likeness (QED) is 0.909. The van der Waals surface area contributed by atoms with Crippen LogP contribution >= 0.6 is 0 Å². The highest BCUT2D eigenvalue weighted by Crippen LogP contribution is 2.26. The van der Waals surface area contributed by atoms with Gasteiger partial charge in [0, 0.05) is 38.1 Å². The maximum absolute atomic E-state index is 12.0. The van der Waals surface area contributed by atoms with E-state index >= 15 is 0 Å². The molecule has 5 heteroatoms. The Morgan fingerprint density at radius 1 is 1.38 bits per heavy atom. The molecule has 1 aromatic heterocycles. The first-order valence-corrected chi connectivity index (χ1v) is 7.41. The molecule has 2 heterocycles. The average molecular weight is 284 g/mol. The molecule has 0 unspecified atom stereocenters.